The molecule has 1 aromatic rings. The Hall–Kier alpha value is -13.0. The minimum absolute atomic E-state index is 0.0902. The average molecular weight is 1920 g/mol. The van der Waals surface area contributed by atoms with Crippen molar-refractivity contribution in [2.45, 2.75) is 342 Å². The number of nitrogens with zero attached hydrogens (tertiary/aromatic N) is 20. The summed E-state index contributed by atoms with van der Waals surface area (Å²) in [6.07, 6.45) is -0.792. The molecule has 0 saturated carbocycles. The zero-order valence-corrected chi connectivity index (χ0v) is 82.2. The minimum Gasteiger partial charge on any atom is -0.497 e. The number of aliphatic hydroxyl groups excluding tert-OH is 23. The van der Waals surface area contributed by atoms with E-state index in [4.69, 9.17) is 16.2 Å². The van der Waals surface area contributed by atoms with E-state index >= 15 is 0 Å². The van der Waals surface area contributed by atoms with Gasteiger partial charge in [-0.2, -0.15) is 0 Å². The highest BCUT2D eigenvalue weighted by Gasteiger charge is 2.42. The van der Waals surface area contributed by atoms with Gasteiger partial charge in [-0.05, 0) is 180 Å². The summed E-state index contributed by atoms with van der Waals surface area (Å²) >= 11 is 0. The lowest BCUT2D eigenvalue weighted by Gasteiger charge is -2.27. The van der Waals surface area contributed by atoms with Gasteiger partial charge in [0.15, 0.2) is 23.6 Å². The molecule has 13 atom stereocenters. The van der Waals surface area contributed by atoms with E-state index in [1.165, 1.54) is 130 Å². The molecule has 47 heteroatoms. The summed E-state index contributed by atoms with van der Waals surface area (Å²) in [6.45, 7) is 32.6. The number of rotatable bonds is 55. The molecule has 762 valence electrons. The van der Waals surface area contributed by atoms with Crippen LogP contribution in [0, 0.1) is 34.0 Å². The van der Waals surface area contributed by atoms with Gasteiger partial charge in [-0.25, -0.2) is 94.9 Å². The Labute approximate surface area is 792 Å². The lowest BCUT2D eigenvalue weighted by atomic mass is 9.97. The van der Waals surface area contributed by atoms with E-state index in [-0.39, 0.29) is 51.0 Å². The van der Waals surface area contributed by atoms with Gasteiger partial charge >= 0.3 is 0 Å². The average Bonchev–Trinajstić information content (AvgIpc) is 1.37. The maximum Gasteiger partial charge on any atom is 0.247 e. The number of aliphatic hydroxyl groups is 23. The molecule has 26 N–H and O–H groups in total. The van der Waals surface area contributed by atoms with Crippen molar-refractivity contribution in [1.82, 2.24) is 4.90 Å². The topological polar surface area (TPSA) is 792 Å². The smallest absolute Gasteiger partial charge is 0.247 e. The van der Waals surface area contributed by atoms with E-state index in [0.717, 1.165) is 5.56 Å². The molecule has 1 aromatic carbocycles. The first-order valence-electron chi connectivity index (χ1n) is 44.4. The second-order valence-corrected chi connectivity index (χ2v) is 37.1. The Morgan fingerprint density at radius 3 is 1.24 bits per heavy atom. The molecule has 1 aliphatic heterocycles. The molecule has 0 spiro atoms. The van der Waals surface area contributed by atoms with Gasteiger partial charge in [-0.1, -0.05) is 84.7 Å². The number of amides is 1. The van der Waals surface area contributed by atoms with Crippen molar-refractivity contribution in [2.24, 2.45) is 113 Å². The molecule has 0 radical (unpaired) electrons. The van der Waals surface area contributed by atoms with Crippen LogP contribution >= 0.6 is 0 Å². The zero-order valence-electron chi connectivity index (χ0n) is 82.2. The van der Waals surface area contributed by atoms with Crippen molar-refractivity contribution in [1.29, 1.82) is 16.2 Å². The van der Waals surface area contributed by atoms with Gasteiger partial charge in [-0.15, -0.1) is 0 Å². The van der Waals surface area contributed by atoms with Crippen LogP contribution in [0.4, 0.5) is 0 Å². The molecule has 47 nitrogen and oxygen atoms in total. The number of aliphatic imine (C=N–C) groups is 19. The predicted molar refractivity (Wildman–Crippen MR) is 535 cm³/mol. The summed E-state index contributed by atoms with van der Waals surface area (Å²) in [5.74, 6) is -18.4. The maximum atomic E-state index is 14.3. The van der Waals surface area contributed by atoms with E-state index in [2.05, 4.69) is 94.9 Å². The molecule has 136 heavy (non-hydrogen) atoms. The lowest BCUT2D eigenvalue weighted by molar-refractivity contribution is -0.132. The molecule has 1 aliphatic rings. The highest BCUT2D eigenvalue weighted by atomic mass is 16.3. The molecule has 1 amide bonds. The third kappa shape index (κ3) is 38.4. The summed E-state index contributed by atoms with van der Waals surface area (Å²) in [6, 6.07) is -5.35. The molecular formula is C89H147N23O24. The monoisotopic (exact) mass is 1920 g/mol. The Morgan fingerprint density at radius 2 is 0.772 bits per heavy atom. The second kappa shape index (κ2) is 52.2. The first kappa shape index (κ1) is 119. The number of likely N-dealkylation sites (tertiary alicyclic amines) is 1. The molecule has 13 unspecified atom stereocenters. The van der Waals surface area contributed by atoms with E-state index in [1.54, 1.807) is 71.9 Å². The molecular weight excluding hydrogens is 1780 g/mol. The number of hydrogen-bond donors (Lipinski definition) is 26. The lowest BCUT2D eigenvalue weighted by Crippen LogP contribution is -2.45. The van der Waals surface area contributed by atoms with Crippen molar-refractivity contribution in [2.75, 3.05) is 26.2 Å². The summed E-state index contributed by atoms with van der Waals surface area (Å²) in [7, 11) is 0. The summed E-state index contributed by atoms with van der Waals surface area (Å²) in [4.78, 5) is 94.7. The van der Waals surface area contributed by atoms with Gasteiger partial charge in [0.1, 0.15) is 112 Å². The van der Waals surface area contributed by atoms with Gasteiger partial charge in [0.2, 0.25) is 112 Å². The molecule has 0 bridgehead atoms. The second-order valence-electron chi connectivity index (χ2n) is 37.1. The van der Waals surface area contributed by atoms with Gasteiger partial charge in [0.05, 0.1) is 12.6 Å². The standard InChI is InChI=1S/C89H147N23O24/c1-25-46(5)64(72(126)96-50(9)75(129)112-40-30-33-57(112)71(125)103-63(45(3)4)73(127)108-89(23,24)82(136)111-86(17,18)78(132)100-55(35-38-59(91)116)69(123)99-54(34-37-58(90)115)68(122)98-53(44-113)41-52-31-28-27-29-32-52)102-62(119)43-94-76(130)83(11,12)109-74(128)65(47(6)26-2)104-80(134)85(15,16)107-70(124)56(36-39-60(92)117)101-79(133)87(19,20)110-81(135)88(21,22)106-67(121)49(8)95-61(118)42-93-66(120)48(7)97-77(131)84(13,14)105-51(10)114/h27-29,31-32,45-50,53-57,63-65,113H,25-26,30,33-44H2,1-24H3,(H2,90,115)(H2,91,116)(H2,92,117)(H,93,120)(H,94,130)(H,95,118)(H,96,126)(H,97,131)(H,98,122)(H,99,123)(H,100,132)(H,101,133)(H,102,119)(H,103,125)(H,104,134)(H,105,114)(H,106,121)(H,107,124)(H,108,127)(H,109,128)(H,110,135)(H,111,136). The summed E-state index contributed by atoms with van der Waals surface area (Å²) in [5.41, 5.74) is -11.6. The maximum absolute atomic E-state index is 14.3. The third-order valence-electron chi connectivity index (χ3n) is 21.4. The van der Waals surface area contributed by atoms with Gasteiger partial charge < -0.3 is 122 Å². The Kier molecular flexibility index (Phi) is 45.7. The zero-order chi connectivity index (χ0) is 105. The van der Waals surface area contributed by atoms with Gasteiger partial charge in [-0.3, -0.25) is 21.0 Å². The SMILES string of the molecule is CCC(C)C(N=C(O)CN=C(O)C(C)(C)N=C(O)C(N=C(O)C(C)(C)N=C(O)C(CCC(=N)O)N=C(O)C(C)(C)N=C(O)C(C)(C)N=C(O)C(C)N=C(O)CN=C(O)C(C)N=C(O)C(C)(C)N=C(C)O)C(C)CC)C(O)=NC(C)C(=O)N1CCCC1C(O)=NC(C(O)=NC(C)(C)C(O)=NC(C)(C)C(O)=NC(CCC(=N)O)C(O)=NC(CCC(=N)O)C(O)=NC(CO)Cc1ccccc1)C(C)C. The Balaban J connectivity index is 2.52. The number of carbonyl (C=O) groups is 1. The van der Waals surface area contributed by atoms with Crippen LogP contribution in [0.5, 0.6) is 0 Å². The fraction of sp³-hybridized carbons (Fsp3) is 0.674. The van der Waals surface area contributed by atoms with Crippen molar-refractivity contribution < 1.29 is 122 Å². The van der Waals surface area contributed by atoms with Crippen molar-refractivity contribution in [3.05, 3.63) is 35.9 Å². The Bertz CT molecular complexity index is 4860. The molecule has 1 saturated heterocycles. The number of benzene rings is 1. The van der Waals surface area contributed by atoms with Gasteiger partial charge in [0.25, 0.3) is 0 Å². The molecule has 1 fully saturated rings. The van der Waals surface area contributed by atoms with Crippen LogP contribution in [0.3, 0.4) is 0 Å². The van der Waals surface area contributed by atoms with Gasteiger partial charge in [0, 0.05) is 32.7 Å². The molecule has 2 rings (SSSR count). The molecule has 0 aliphatic carbocycles. The van der Waals surface area contributed by atoms with Crippen LogP contribution in [0.2, 0.25) is 0 Å². The van der Waals surface area contributed by atoms with Crippen LogP contribution in [0.1, 0.15) is 236 Å². The van der Waals surface area contributed by atoms with Crippen LogP contribution in [-0.4, -0.2) is 389 Å². The molecule has 1 heterocycles. The van der Waals surface area contributed by atoms with Crippen LogP contribution in [0.15, 0.2) is 125 Å². The minimum atomic E-state index is -1.88. The third-order valence-corrected chi connectivity index (χ3v) is 21.4. The first-order valence-corrected chi connectivity index (χ1v) is 44.4. The Morgan fingerprint density at radius 1 is 0.390 bits per heavy atom. The van der Waals surface area contributed by atoms with Crippen LogP contribution in [-0.2, 0) is 11.2 Å². The normalized spacial score (nSPS) is 19.2. The van der Waals surface area contributed by atoms with Crippen molar-refractivity contribution in [3.63, 3.8) is 0 Å². The highest BCUT2D eigenvalue weighted by molar-refractivity contribution is 6.00. The predicted octanol–water partition coefficient (Wildman–Crippen LogP) is 13.3. The fourth-order valence-corrected chi connectivity index (χ4v) is 12.5. The summed E-state index contributed by atoms with van der Waals surface area (Å²) in [5, 5.41) is 276. The highest BCUT2D eigenvalue weighted by Crippen LogP contribution is 2.29. The van der Waals surface area contributed by atoms with E-state index < -0.39 is 285 Å². The van der Waals surface area contributed by atoms with Crippen molar-refractivity contribution >= 4 is 136 Å². The van der Waals surface area contributed by atoms with Crippen molar-refractivity contribution in [3.8, 4) is 0 Å². The quantitative estimate of drug-likeness (QED) is 0.0213. The summed E-state index contributed by atoms with van der Waals surface area (Å²) < 4.78 is 0. The largest absolute Gasteiger partial charge is 0.497 e. The number of carbonyl (C=O) groups excluding carboxylic acids is 1. The van der Waals surface area contributed by atoms with E-state index in [9.17, 15) is 122 Å². The van der Waals surface area contributed by atoms with Crippen LogP contribution in [0.25, 0.3) is 0 Å². The van der Waals surface area contributed by atoms with E-state index in [1.807, 2.05) is 0 Å². The first-order chi connectivity index (χ1) is 62.5. The van der Waals surface area contributed by atoms with Crippen LogP contribution < -0.4 is 0 Å². The fourth-order valence-electron chi connectivity index (χ4n) is 12.5. The molecule has 0 aromatic heterocycles. The number of hydrogen-bond acceptors (Lipinski definition) is 24. The number of nitrogens with one attached hydrogen (secondary N) is 3. The van der Waals surface area contributed by atoms with E-state index in [0.29, 0.717) is 19.3 Å².